The number of pyridine rings is 1. The Bertz CT molecular complexity index is 1370. The van der Waals surface area contributed by atoms with Crippen LogP contribution in [0.15, 0.2) is 54.6 Å². The van der Waals surface area contributed by atoms with Crippen LogP contribution in [-0.4, -0.2) is 78.0 Å². The molecular formula is C27H29N5O3. The van der Waals surface area contributed by atoms with Gasteiger partial charge in [0.2, 0.25) is 0 Å². The highest BCUT2D eigenvalue weighted by Crippen LogP contribution is 2.31. The Morgan fingerprint density at radius 3 is 2.54 bits per heavy atom. The molecule has 2 amide bonds. The molecule has 8 heteroatoms. The third-order valence-electron chi connectivity index (χ3n) is 6.62. The lowest BCUT2D eigenvalue weighted by Crippen LogP contribution is -2.48. The minimum atomic E-state index is -0.527. The van der Waals surface area contributed by atoms with Crippen molar-refractivity contribution >= 4 is 33.8 Å². The number of ether oxygens (including phenoxy) is 1. The summed E-state index contributed by atoms with van der Waals surface area (Å²) in [6.45, 7) is 4.85. The number of carbonyl (C=O) groups excluding carboxylic acids is 2. The van der Waals surface area contributed by atoms with Crippen molar-refractivity contribution < 1.29 is 14.3 Å². The van der Waals surface area contributed by atoms with Crippen LogP contribution in [0.3, 0.4) is 0 Å². The van der Waals surface area contributed by atoms with Gasteiger partial charge in [0.25, 0.3) is 11.8 Å². The molecular weight excluding hydrogens is 442 g/mol. The smallest absolute Gasteiger partial charge is 0.254 e. The average molecular weight is 472 g/mol. The first-order valence-corrected chi connectivity index (χ1v) is 11.9. The van der Waals surface area contributed by atoms with Crippen molar-refractivity contribution in [2.45, 2.75) is 6.42 Å². The Labute approximate surface area is 203 Å². The summed E-state index contributed by atoms with van der Waals surface area (Å²) in [7, 11) is 1.72. The lowest BCUT2D eigenvalue weighted by atomic mass is 10.1. The molecule has 0 unspecified atom stereocenters. The monoisotopic (exact) mass is 471 g/mol. The number of nitrogens with one attached hydrogen (secondary N) is 1. The van der Waals surface area contributed by atoms with E-state index >= 15 is 0 Å². The van der Waals surface area contributed by atoms with E-state index in [9.17, 15) is 9.59 Å². The molecule has 1 fully saturated rings. The van der Waals surface area contributed by atoms with Gasteiger partial charge in [-0.1, -0.05) is 30.3 Å². The summed E-state index contributed by atoms with van der Waals surface area (Å²) in [4.78, 5) is 37.9. The first-order chi connectivity index (χ1) is 17.0. The fourth-order valence-corrected chi connectivity index (χ4v) is 4.73. The van der Waals surface area contributed by atoms with Gasteiger partial charge >= 0.3 is 0 Å². The van der Waals surface area contributed by atoms with Crippen LogP contribution >= 0.6 is 0 Å². The van der Waals surface area contributed by atoms with E-state index in [0.717, 1.165) is 49.1 Å². The van der Waals surface area contributed by atoms with E-state index in [1.807, 2.05) is 53.4 Å². The summed E-state index contributed by atoms with van der Waals surface area (Å²) in [5.74, 6) is -0.518. The number of H-pyrrole nitrogens is 1. The number of nitrogens with two attached hydrogens (primary N) is 1. The number of amides is 2. The third kappa shape index (κ3) is 4.62. The molecule has 1 aliphatic rings. The van der Waals surface area contributed by atoms with E-state index in [4.69, 9.17) is 15.5 Å². The molecule has 8 nitrogen and oxygen atoms in total. The molecule has 0 atom stereocenters. The van der Waals surface area contributed by atoms with E-state index in [2.05, 4.69) is 9.88 Å². The number of methoxy groups -OCH3 is 1. The molecule has 2 aromatic heterocycles. The quantitative estimate of drug-likeness (QED) is 0.403. The highest BCUT2D eigenvalue weighted by Gasteiger charge is 2.23. The zero-order chi connectivity index (χ0) is 24.4. The molecule has 3 heterocycles. The molecule has 2 aromatic carbocycles. The second kappa shape index (κ2) is 9.85. The fourth-order valence-electron chi connectivity index (χ4n) is 4.73. The van der Waals surface area contributed by atoms with E-state index in [0.29, 0.717) is 40.9 Å². The van der Waals surface area contributed by atoms with Crippen LogP contribution in [0.1, 0.15) is 27.1 Å². The van der Waals surface area contributed by atoms with Crippen molar-refractivity contribution in [3.8, 4) is 11.3 Å². The van der Waals surface area contributed by atoms with E-state index < -0.39 is 5.91 Å². The Kier molecular flexibility index (Phi) is 6.48. The van der Waals surface area contributed by atoms with Gasteiger partial charge in [-0.15, -0.1) is 0 Å². The summed E-state index contributed by atoms with van der Waals surface area (Å²) in [5, 5.41) is 0.847. The van der Waals surface area contributed by atoms with E-state index in [1.54, 1.807) is 13.2 Å². The maximum atomic E-state index is 13.2. The number of carbonyl (C=O) groups is 2. The largest absolute Gasteiger partial charge is 0.385 e. The van der Waals surface area contributed by atoms with Crippen LogP contribution in [0.2, 0.25) is 0 Å². The van der Waals surface area contributed by atoms with Crippen LogP contribution in [0, 0.1) is 0 Å². The average Bonchev–Trinajstić information content (AvgIpc) is 3.26. The number of aromatic nitrogens is 2. The SMILES string of the molecule is COCCCN1CCN(C(=O)c2ccc3c(c2)[nH]c2c(C(N)=O)cc(-c4ccccc4)nc23)CC1. The van der Waals surface area contributed by atoms with Crippen molar-refractivity contribution in [2.75, 3.05) is 46.4 Å². The molecule has 0 aliphatic carbocycles. The minimum absolute atomic E-state index is 0.00940. The molecule has 1 saturated heterocycles. The standard InChI is InChI=1S/C27H29N5O3/c1-35-15-5-10-31-11-13-32(14-12-31)27(34)19-8-9-20-23(16-19)30-25-21(26(28)33)17-22(29-24(20)25)18-6-3-2-4-7-18/h2-4,6-9,16-17,30H,5,10-15H2,1H3,(H2,28,33). The van der Waals surface area contributed by atoms with Gasteiger partial charge in [0, 0.05) is 68.5 Å². The highest BCUT2D eigenvalue weighted by molar-refractivity contribution is 6.14. The zero-order valence-corrected chi connectivity index (χ0v) is 19.8. The van der Waals surface area contributed by atoms with Crippen molar-refractivity contribution in [3.63, 3.8) is 0 Å². The van der Waals surface area contributed by atoms with Gasteiger partial charge in [-0.3, -0.25) is 14.5 Å². The maximum absolute atomic E-state index is 13.2. The van der Waals surface area contributed by atoms with Crippen molar-refractivity contribution in [3.05, 3.63) is 65.7 Å². The number of primary amides is 1. The molecule has 3 N–H and O–H groups in total. The Hall–Kier alpha value is -3.75. The van der Waals surface area contributed by atoms with Crippen LogP contribution in [-0.2, 0) is 4.74 Å². The number of piperazine rings is 1. The first kappa shape index (κ1) is 23.0. The van der Waals surface area contributed by atoms with Gasteiger partial charge in [0.1, 0.15) is 0 Å². The van der Waals surface area contributed by atoms with Gasteiger partial charge in [0.15, 0.2) is 0 Å². The van der Waals surface area contributed by atoms with Crippen molar-refractivity contribution in [2.24, 2.45) is 5.73 Å². The molecule has 0 saturated carbocycles. The van der Waals surface area contributed by atoms with Crippen molar-refractivity contribution in [1.29, 1.82) is 0 Å². The molecule has 0 bridgehead atoms. The van der Waals surface area contributed by atoms with E-state index in [-0.39, 0.29) is 5.91 Å². The first-order valence-electron chi connectivity index (χ1n) is 11.9. The number of benzene rings is 2. The number of hydrogen-bond donors (Lipinski definition) is 2. The number of rotatable bonds is 7. The Balaban J connectivity index is 1.43. The number of aromatic amines is 1. The minimum Gasteiger partial charge on any atom is -0.385 e. The summed E-state index contributed by atoms with van der Waals surface area (Å²) in [6, 6.07) is 17.0. The predicted molar refractivity (Wildman–Crippen MR) is 136 cm³/mol. The lowest BCUT2D eigenvalue weighted by Gasteiger charge is -2.34. The fraction of sp³-hybridized carbons (Fsp3) is 0.296. The zero-order valence-electron chi connectivity index (χ0n) is 19.8. The predicted octanol–water partition coefficient (Wildman–Crippen LogP) is 3.28. The Morgan fingerprint density at radius 2 is 1.83 bits per heavy atom. The summed E-state index contributed by atoms with van der Waals surface area (Å²) >= 11 is 0. The van der Waals surface area contributed by atoms with Gasteiger partial charge in [-0.25, -0.2) is 4.98 Å². The summed E-state index contributed by atoms with van der Waals surface area (Å²) in [6.07, 6.45) is 0.995. The van der Waals surface area contributed by atoms with Crippen LogP contribution in [0.25, 0.3) is 33.2 Å². The van der Waals surface area contributed by atoms with Gasteiger partial charge in [-0.05, 0) is 30.7 Å². The summed E-state index contributed by atoms with van der Waals surface area (Å²) < 4.78 is 5.13. The molecule has 4 aromatic rings. The molecule has 35 heavy (non-hydrogen) atoms. The second-order valence-electron chi connectivity index (χ2n) is 8.87. The third-order valence-corrected chi connectivity index (χ3v) is 6.62. The second-order valence-corrected chi connectivity index (χ2v) is 8.87. The molecule has 0 radical (unpaired) electrons. The number of fused-ring (bicyclic) bond motifs is 3. The molecule has 0 spiro atoms. The molecule has 1 aliphatic heterocycles. The number of hydrogen-bond acceptors (Lipinski definition) is 5. The number of nitrogens with zero attached hydrogens (tertiary/aromatic N) is 3. The molecule has 180 valence electrons. The summed E-state index contributed by atoms with van der Waals surface area (Å²) in [5.41, 5.74) is 10.3. The van der Waals surface area contributed by atoms with Crippen molar-refractivity contribution in [1.82, 2.24) is 19.8 Å². The van der Waals surface area contributed by atoms with E-state index in [1.165, 1.54) is 0 Å². The maximum Gasteiger partial charge on any atom is 0.254 e. The van der Waals surface area contributed by atoms with Gasteiger partial charge < -0.3 is 20.4 Å². The topological polar surface area (TPSA) is 105 Å². The lowest BCUT2D eigenvalue weighted by molar-refractivity contribution is 0.0624. The van der Waals surface area contributed by atoms with Gasteiger partial charge in [0.05, 0.1) is 22.3 Å². The highest BCUT2D eigenvalue weighted by atomic mass is 16.5. The van der Waals surface area contributed by atoms with Crippen LogP contribution in [0.4, 0.5) is 0 Å². The van der Waals surface area contributed by atoms with Gasteiger partial charge in [-0.2, -0.15) is 0 Å². The Morgan fingerprint density at radius 1 is 1.06 bits per heavy atom. The van der Waals surface area contributed by atoms with Crippen LogP contribution in [0.5, 0.6) is 0 Å². The normalized spacial score (nSPS) is 14.6. The molecule has 5 rings (SSSR count). The van der Waals surface area contributed by atoms with Crippen LogP contribution < -0.4 is 5.73 Å².